The van der Waals surface area contributed by atoms with Gasteiger partial charge in [0.05, 0.1) is 5.56 Å². The normalized spacial score (nSPS) is 12.6. The van der Waals surface area contributed by atoms with Gasteiger partial charge in [0, 0.05) is 10.9 Å². The first-order valence-corrected chi connectivity index (χ1v) is 6.94. The van der Waals surface area contributed by atoms with Gasteiger partial charge in [0.25, 0.3) is 0 Å². The minimum atomic E-state index is -5.65. The predicted octanol–water partition coefficient (Wildman–Crippen LogP) is 2.58. The largest absolute Gasteiger partial charge is 0.507 e. The van der Waals surface area contributed by atoms with Crippen LogP contribution in [0.1, 0.15) is 15.9 Å². The maximum atomic E-state index is 13.6. The third-order valence-corrected chi connectivity index (χ3v) is 3.85. The molecule has 5 nitrogen and oxygen atoms in total. The standard InChI is InChI=1S/C12H9F2O5P/c13-12(14,20(17,18)19)9-3-4-10-7(5-9)1-2-8(6-15)11(10)16/h1-6,16H,(H2,17,18,19). The predicted molar refractivity (Wildman–Crippen MR) is 66.9 cm³/mol. The molecule has 0 heterocycles. The first-order chi connectivity index (χ1) is 9.18. The second-order valence-corrected chi connectivity index (χ2v) is 5.79. The maximum absolute atomic E-state index is 13.6. The number of aldehydes is 1. The molecular weight excluding hydrogens is 293 g/mol. The van der Waals surface area contributed by atoms with E-state index in [0.717, 1.165) is 18.2 Å². The van der Waals surface area contributed by atoms with Gasteiger partial charge in [-0.1, -0.05) is 18.2 Å². The van der Waals surface area contributed by atoms with Gasteiger partial charge in [-0.25, -0.2) is 0 Å². The summed E-state index contributed by atoms with van der Waals surface area (Å²) < 4.78 is 37.9. The molecule has 0 spiro atoms. The number of phenolic OH excluding ortho intramolecular Hbond substituents is 1. The van der Waals surface area contributed by atoms with E-state index in [1.54, 1.807) is 0 Å². The van der Waals surface area contributed by atoms with E-state index in [4.69, 9.17) is 9.79 Å². The fourth-order valence-electron chi connectivity index (χ4n) is 1.78. The molecule has 0 aliphatic rings. The molecule has 0 atom stereocenters. The number of phenols is 1. The molecule has 0 saturated heterocycles. The molecule has 2 aromatic rings. The van der Waals surface area contributed by atoms with Crippen molar-refractivity contribution in [3.63, 3.8) is 0 Å². The highest BCUT2D eigenvalue weighted by atomic mass is 31.2. The molecule has 0 bridgehead atoms. The van der Waals surface area contributed by atoms with Crippen LogP contribution in [0.3, 0.4) is 0 Å². The average molecular weight is 302 g/mol. The Bertz CT molecular complexity index is 738. The summed E-state index contributed by atoms with van der Waals surface area (Å²) in [7, 11) is -5.65. The molecule has 20 heavy (non-hydrogen) atoms. The summed E-state index contributed by atoms with van der Waals surface area (Å²) in [4.78, 5) is 28.0. The van der Waals surface area contributed by atoms with Crippen molar-refractivity contribution < 1.29 is 33.0 Å². The van der Waals surface area contributed by atoms with Crippen LogP contribution in [0.15, 0.2) is 30.3 Å². The summed E-state index contributed by atoms with van der Waals surface area (Å²) in [6.07, 6.45) is 0.410. The Labute approximate surface area is 111 Å². The maximum Gasteiger partial charge on any atom is 0.399 e. The van der Waals surface area contributed by atoms with Crippen LogP contribution in [0.5, 0.6) is 5.75 Å². The fourth-order valence-corrected chi connectivity index (χ4v) is 2.26. The summed E-state index contributed by atoms with van der Waals surface area (Å²) >= 11 is 0. The molecule has 0 saturated carbocycles. The molecule has 0 aromatic heterocycles. The molecule has 0 aliphatic carbocycles. The Kier molecular flexibility index (Phi) is 3.37. The van der Waals surface area contributed by atoms with Gasteiger partial charge in [-0.3, -0.25) is 9.36 Å². The van der Waals surface area contributed by atoms with Gasteiger partial charge in [0.15, 0.2) is 6.29 Å². The first kappa shape index (κ1) is 14.6. The van der Waals surface area contributed by atoms with E-state index in [2.05, 4.69) is 0 Å². The number of alkyl halides is 2. The lowest BCUT2D eigenvalue weighted by atomic mass is 10.0. The van der Waals surface area contributed by atoms with Crippen LogP contribution in [-0.2, 0) is 10.2 Å². The van der Waals surface area contributed by atoms with E-state index in [1.807, 2.05) is 0 Å². The third kappa shape index (κ3) is 2.20. The highest BCUT2D eigenvalue weighted by Gasteiger charge is 2.50. The summed E-state index contributed by atoms with van der Waals surface area (Å²) in [6.45, 7) is 0. The van der Waals surface area contributed by atoms with E-state index in [1.165, 1.54) is 12.1 Å². The molecule has 0 amide bonds. The molecule has 0 fully saturated rings. The van der Waals surface area contributed by atoms with E-state index < -0.39 is 18.8 Å². The topological polar surface area (TPSA) is 94.8 Å². The minimum Gasteiger partial charge on any atom is -0.507 e. The van der Waals surface area contributed by atoms with Crippen molar-refractivity contribution in [3.8, 4) is 5.75 Å². The lowest BCUT2D eigenvalue weighted by Gasteiger charge is -2.18. The zero-order valence-electron chi connectivity index (χ0n) is 9.83. The summed E-state index contributed by atoms with van der Waals surface area (Å²) in [5.74, 6) is -0.372. The fraction of sp³-hybridized carbons (Fsp3) is 0.0833. The van der Waals surface area contributed by atoms with Gasteiger partial charge < -0.3 is 14.9 Å². The molecule has 106 valence electrons. The number of benzene rings is 2. The lowest BCUT2D eigenvalue weighted by molar-refractivity contribution is 0.0566. The highest BCUT2D eigenvalue weighted by Crippen LogP contribution is 2.59. The molecule has 8 heteroatoms. The van der Waals surface area contributed by atoms with Crippen molar-refractivity contribution in [1.82, 2.24) is 0 Å². The van der Waals surface area contributed by atoms with E-state index in [0.29, 0.717) is 6.29 Å². The minimum absolute atomic E-state index is 0.00741. The smallest absolute Gasteiger partial charge is 0.399 e. The Morgan fingerprint density at radius 2 is 1.80 bits per heavy atom. The van der Waals surface area contributed by atoms with Crippen LogP contribution in [0, 0.1) is 0 Å². The molecule has 0 aliphatic heterocycles. The van der Waals surface area contributed by atoms with Gasteiger partial charge in [-0.05, 0) is 17.5 Å². The van der Waals surface area contributed by atoms with Gasteiger partial charge >= 0.3 is 13.3 Å². The van der Waals surface area contributed by atoms with Gasteiger partial charge in [-0.15, -0.1) is 0 Å². The summed E-state index contributed by atoms with van der Waals surface area (Å²) in [5.41, 5.74) is -5.19. The number of fused-ring (bicyclic) bond motifs is 1. The second-order valence-electron chi connectivity index (χ2n) is 4.14. The van der Waals surface area contributed by atoms with Crippen LogP contribution in [0.4, 0.5) is 8.78 Å². The van der Waals surface area contributed by atoms with E-state index in [9.17, 15) is 23.2 Å². The van der Waals surface area contributed by atoms with Crippen LogP contribution in [-0.4, -0.2) is 21.2 Å². The SMILES string of the molecule is O=Cc1ccc2cc(C(F)(F)P(=O)(O)O)ccc2c1O. The number of carbonyl (C=O) groups is 1. The zero-order valence-corrected chi connectivity index (χ0v) is 10.7. The van der Waals surface area contributed by atoms with Crippen molar-refractivity contribution in [3.05, 3.63) is 41.5 Å². The van der Waals surface area contributed by atoms with Crippen LogP contribution in [0.25, 0.3) is 10.8 Å². The van der Waals surface area contributed by atoms with Crippen molar-refractivity contribution in [2.45, 2.75) is 5.66 Å². The van der Waals surface area contributed by atoms with Crippen molar-refractivity contribution in [2.75, 3.05) is 0 Å². The van der Waals surface area contributed by atoms with Crippen LogP contribution >= 0.6 is 7.60 Å². The van der Waals surface area contributed by atoms with Crippen molar-refractivity contribution >= 4 is 24.7 Å². The van der Waals surface area contributed by atoms with Gasteiger partial charge in [-0.2, -0.15) is 8.78 Å². The number of hydrogen-bond acceptors (Lipinski definition) is 3. The third-order valence-electron chi connectivity index (χ3n) is 2.86. The zero-order chi connectivity index (χ0) is 15.1. The highest BCUT2D eigenvalue weighted by molar-refractivity contribution is 7.52. The summed E-state index contributed by atoms with van der Waals surface area (Å²) in [6, 6.07) is 5.27. The molecule has 0 radical (unpaired) electrons. The molecule has 3 N–H and O–H groups in total. The van der Waals surface area contributed by atoms with Crippen molar-refractivity contribution in [2.24, 2.45) is 0 Å². The summed E-state index contributed by atoms with van der Waals surface area (Å²) in [5, 5.41) is 10.0. The quantitative estimate of drug-likeness (QED) is 0.598. The molecule has 2 aromatic carbocycles. The van der Waals surface area contributed by atoms with Crippen molar-refractivity contribution in [1.29, 1.82) is 0 Å². The van der Waals surface area contributed by atoms with Gasteiger partial charge in [0.2, 0.25) is 0 Å². The number of hydrogen-bond donors (Lipinski definition) is 3. The lowest BCUT2D eigenvalue weighted by Crippen LogP contribution is -2.13. The number of halogens is 2. The van der Waals surface area contributed by atoms with Crippen LogP contribution in [0.2, 0.25) is 0 Å². The van der Waals surface area contributed by atoms with Crippen LogP contribution < -0.4 is 0 Å². The second kappa shape index (κ2) is 4.63. The Morgan fingerprint density at radius 3 is 2.35 bits per heavy atom. The molecule has 2 rings (SSSR count). The Hall–Kier alpha value is -1.82. The van der Waals surface area contributed by atoms with E-state index in [-0.39, 0.29) is 22.1 Å². The number of aromatic hydroxyl groups is 1. The van der Waals surface area contributed by atoms with Gasteiger partial charge in [0.1, 0.15) is 5.75 Å². The Balaban J connectivity index is 2.68. The average Bonchev–Trinajstić information content (AvgIpc) is 2.37. The first-order valence-electron chi connectivity index (χ1n) is 5.33. The monoisotopic (exact) mass is 302 g/mol. The van der Waals surface area contributed by atoms with E-state index >= 15 is 0 Å². The Morgan fingerprint density at radius 1 is 1.15 bits per heavy atom. The number of rotatable bonds is 3. The number of carbonyl (C=O) groups excluding carboxylic acids is 1. The molecule has 0 unspecified atom stereocenters. The molecular formula is C12H9F2O5P.